The van der Waals surface area contributed by atoms with Crippen LogP contribution in [0.5, 0.6) is 0 Å². The standard InChI is InChI=1S/C18H27N3O3S.ClH/c1-2-12-20-25(23,24)16-10-8-15(9-11-16)18(22)21-17(13-19)14-6-4-3-5-7-14;/h2,8-11,14,17,20H,1,3-7,12-13,19H2,(H,21,22);1H. The van der Waals surface area contributed by atoms with Gasteiger partial charge in [0.05, 0.1) is 4.90 Å². The Hall–Kier alpha value is -1.41. The Morgan fingerprint density at radius 2 is 1.85 bits per heavy atom. The monoisotopic (exact) mass is 401 g/mol. The summed E-state index contributed by atoms with van der Waals surface area (Å²) in [5, 5.41) is 3.00. The van der Waals surface area contributed by atoms with Gasteiger partial charge in [-0.25, -0.2) is 13.1 Å². The molecule has 0 bridgehead atoms. The molecule has 1 fully saturated rings. The SMILES string of the molecule is C=CCNS(=O)(=O)c1ccc(C(=O)NC(CN)C2CCCCC2)cc1.Cl. The third-order valence-electron chi connectivity index (χ3n) is 4.63. The van der Waals surface area contributed by atoms with Crippen molar-refractivity contribution in [1.82, 2.24) is 10.0 Å². The molecule has 6 nitrogen and oxygen atoms in total. The van der Waals surface area contributed by atoms with Gasteiger partial charge in [-0.3, -0.25) is 4.79 Å². The van der Waals surface area contributed by atoms with E-state index in [1.807, 2.05) is 0 Å². The van der Waals surface area contributed by atoms with Crippen LogP contribution in [0, 0.1) is 5.92 Å². The number of benzene rings is 1. The highest BCUT2D eigenvalue weighted by Crippen LogP contribution is 2.26. The van der Waals surface area contributed by atoms with E-state index in [1.54, 1.807) is 0 Å². The summed E-state index contributed by atoms with van der Waals surface area (Å²) in [6.07, 6.45) is 7.26. The largest absolute Gasteiger partial charge is 0.348 e. The number of hydrogen-bond acceptors (Lipinski definition) is 4. The van der Waals surface area contributed by atoms with Gasteiger partial charge in [0.2, 0.25) is 10.0 Å². The predicted molar refractivity (Wildman–Crippen MR) is 106 cm³/mol. The van der Waals surface area contributed by atoms with E-state index in [4.69, 9.17) is 5.73 Å². The molecule has 0 heterocycles. The van der Waals surface area contributed by atoms with E-state index >= 15 is 0 Å². The van der Waals surface area contributed by atoms with Crippen LogP contribution in [0.3, 0.4) is 0 Å². The van der Waals surface area contributed by atoms with Crippen LogP contribution >= 0.6 is 12.4 Å². The lowest BCUT2D eigenvalue weighted by Crippen LogP contribution is -2.45. The molecule has 0 aliphatic heterocycles. The van der Waals surface area contributed by atoms with E-state index in [-0.39, 0.29) is 35.8 Å². The second-order valence-corrected chi connectivity index (χ2v) is 8.15. The number of nitrogens with one attached hydrogen (secondary N) is 2. The molecule has 8 heteroatoms. The smallest absolute Gasteiger partial charge is 0.251 e. The number of carbonyl (C=O) groups excluding carboxylic acids is 1. The quantitative estimate of drug-likeness (QED) is 0.581. The first-order chi connectivity index (χ1) is 12.0. The van der Waals surface area contributed by atoms with Gasteiger partial charge < -0.3 is 11.1 Å². The first kappa shape index (κ1) is 22.6. The Morgan fingerprint density at radius 1 is 1.23 bits per heavy atom. The van der Waals surface area contributed by atoms with Crippen molar-refractivity contribution in [3.63, 3.8) is 0 Å². The summed E-state index contributed by atoms with van der Waals surface area (Å²) in [6.45, 7) is 4.05. The lowest BCUT2D eigenvalue weighted by Gasteiger charge is -2.30. The van der Waals surface area contributed by atoms with Gasteiger partial charge in [0.15, 0.2) is 0 Å². The highest BCUT2D eigenvalue weighted by atomic mass is 35.5. The van der Waals surface area contributed by atoms with Crippen molar-refractivity contribution in [2.75, 3.05) is 13.1 Å². The maximum atomic E-state index is 12.4. The van der Waals surface area contributed by atoms with Gasteiger partial charge in [-0.15, -0.1) is 19.0 Å². The molecule has 4 N–H and O–H groups in total. The Kier molecular flexibility index (Phi) is 9.29. The lowest BCUT2D eigenvalue weighted by atomic mass is 9.84. The molecule has 1 saturated carbocycles. The highest BCUT2D eigenvalue weighted by Gasteiger charge is 2.24. The van der Waals surface area contributed by atoms with Gasteiger partial charge in [0.1, 0.15) is 0 Å². The van der Waals surface area contributed by atoms with E-state index in [0.29, 0.717) is 18.0 Å². The van der Waals surface area contributed by atoms with Crippen LogP contribution in [-0.2, 0) is 10.0 Å². The number of halogens is 1. The molecule has 0 aromatic heterocycles. The summed E-state index contributed by atoms with van der Waals surface area (Å²) in [6, 6.07) is 5.86. The van der Waals surface area contributed by atoms with Crippen LogP contribution < -0.4 is 15.8 Å². The van der Waals surface area contributed by atoms with E-state index in [0.717, 1.165) is 12.8 Å². The Morgan fingerprint density at radius 3 is 2.38 bits per heavy atom. The zero-order valence-electron chi connectivity index (χ0n) is 14.8. The highest BCUT2D eigenvalue weighted by molar-refractivity contribution is 7.89. The Labute approximate surface area is 162 Å². The third-order valence-corrected chi connectivity index (χ3v) is 6.07. The van der Waals surface area contributed by atoms with E-state index in [9.17, 15) is 13.2 Å². The number of sulfonamides is 1. The summed E-state index contributed by atoms with van der Waals surface area (Å²) in [4.78, 5) is 12.6. The van der Waals surface area contributed by atoms with Crippen LogP contribution in [0.4, 0.5) is 0 Å². The lowest BCUT2D eigenvalue weighted by molar-refractivity contribution is 0.0915. The molecule has 146 valence electrons. The summed E-state index contributed by atoms with van der Waals surface area (Å²) in [7, 11) is -3.58. The molecule has 26 heavy (non-hydrogen) atoms. The summed E-state index contributed by atoms with van der Waals surface area (Å²) >= 11 is 0. The van der Waals surface area contributed by atoms with Gasteiger partial charge in [0, 0.05) is 24.7 Å². The first-order valence-electron chi connectivity index (χ1n) is 8.69. The third kappa shape index (κ3) is 6.09. The summed E-state index contributed by atoms with van der Waals surface area (Å²) in [5.74, 6) is 0.203. The van der Waals surface area contributed by atoms with Crippen LogP contribution in [0.1, 0.15) is 42.5 Å². The molecule has 1 amide bonds. The summed E-state index contributed by atoms with van der Waals surface area (Å²) in [5.41, 5.74) is 6.28. The average molecular weight is 402 g/mol. The van der Waals surface area contributed by atoms with Crippen LogP contribution in [0.2, 0.25) is 0 Å². The van der Waals surface area contributed by atoms with Crippen LogP contribution in [0.15, 0.2) is 41.8 Å². The molecule has 2 rings (SSSR count). The number of hydrogen-bond donors (Lipinski definition) is 3. The van der Waals surface area contributed by atoms with Crippen LogP contribution in [0.25, 0.3) is 0 Å². The zero-order valence-corrected chi connectivity index (χ0v) is 16.4. The van der Waals surface area contributed by atoms with Crippen molar-refractivity contribution in [2.24, 2.45) is 11.7 Å². The molecule has 1 atom stereocenters. The van der Waals surface area contributed by atoms with Crippen molar-refractivity contribution < 1.29 is 13.2 Å². The fourth-order valence-electron chi connectivity index (χ4n) is 3.19. The van der Waals surface area contributed by atoms with Gasteiger partial charge in [-0.2, -0.15) is 0 Å². The minimum Gasteiger partial charge on any atom is -0.348 e. The molecule has 1 aliphatic rings. The van der Waals surface area contributed by atoms with Gasteiger partial charge in [0.25, 0.3) is 5.91 Å². The van der Waals surface area contributed by atoms with Crippen LogP contribution in [-0.4, -0.2) is 33.5 Å². The molecule has 1 aliphatic carbocycles. The van der Waals surface area contributed by atoms with Crippen molar-refractivity contribution >= 4 is 28.3 Å². The van der Waals surface area contributed by atoms with Gasteiger partial charge >= 0.3 is 0 Å². The average Bonchev–Trinajstić information content (AvgIpc) is 2.65. The van der Waals surface area contributed by atoms with Gasteiger partial charge in [-0.05, 0) is 43.0 Å². The van der Waals surface area contributed by atoms with Crippen molar-refractivity contribution in [3.8, 4) is 0 Å². The number of amides is 1. The van der Waals surface area contributed by atoms with Crippen molar-refractivity contribution in [1.29, 1.82) is 0 Å². The zero-order chi connectivity index (χ0) is 18.3. The molecule has 0 saturated heterocycles. The summed E-state index contributed by atoms with van der Waals surface area (Å²) < 4.78 is 26.4. The normalized spacial score (nSPS) is 16.3. The Balaban J connectivity index is 0.00000338. The number of nitrogens with two attached hydrogens (primary N) is 1. The number of carbonyl (C=O) groups is 1. The molecule has 1 unspecified atom stereocenters. The maximum Gasteiger partial charge on any atom is 0.251 e. The second kappa shape index (κ2) is 10.7. The van der Waals surface area contributed by atoms with Gasteiger partial charge in [-0.1, -0.05) is 25.3 Å². The van der Waals surface area contributed by atoms with E-state index < -0.39 is 10.0 Å². The van der Waals surface area contributed by atoms with Crippen molar-refractivity contribution in [2.45, 2.75) is 43.0 Å². The fraction of sp³-hybridized carbons (Fsp3) is 0.500. The molecular formula is C18H28ClN3O3S. The molecule has 0 radical (unpaired) electrons. The molecule has 0 spiro atoms. The molecule has 1 aromatic rings. The fourth-order valence-corrected chi connectivity index (χ4v) is 4.19. The molecular weight excluding hydrogens is 374 g/mol. The predicted octanol–water partition coefficient (Wildman–Crippen LogP) is 2.21. The molecule has 1 aromatic carbocycles. The topological polar surface area (TPSA) is 101 Å². The maximum absolute atomic E-state index is 12.4. The first-order valence-corrected chi connectivity index (χ1v) is 10.2. The second-order valence-electron chi connectivity index (χ2n) is 6.38. The van der Waals surface area contributed by atoms with E-state index in [2.05, 4.69) is 16.6 Å². The number of rotatable bonds is 8. The van der Waals surface area contributed by atoms with E-state index in [1.165, 1.54) is 49.6 Å². The van der Waals surface area contributed by atoms with Crippen molar-refractivity contribution in [3.05, 3.63) is 42.5 Å². The Bertz CT molecular complexity index is 686. The minimum atomic E-state index is -3.58. The minimum absolute atomic E-state index is 0.